The van der Waals surface area contributed by atoms with Crippen molar-refractivity contribution in [3.63, 3.8) is 0 Å². The van der Waals surface area contributed by atoms with Gasteiger partial charge in [0.15, 0.2) is 9.84 Å². The van der Waals surface area contributed by atoms with Gasteiger partial charge in [-0.25, -0.2) is 18.4 Å². The van der Waals surface area contributed by atoms with E-state index in [9.17, 15) is 13.2 Å². The number of nitrogens with one attached hydrogen (secondary N) is 2. The van der Waals surface area contributed by atoms with Crippen molar-refractivity contribution >= 4 is 43.8 Å². The number of anilines is 4. The van der Waals surface area contributed by atoms with Gasteiger partial charge in [0, 0.05) is 37.6 Å². The summed E-state index contributed by atoms with van der Waals surface area (Å²) in [6, 6.07) is 9.82. The quantitative estimate of drug-likeness (QED) is 0.504. The molecule has 9 nitrogen and oxygen atoms in total. The highest BCUT2D eigenvalue weighted by atomic mass is 32.2. The topological polar surface area (TPSA) is 119 Å². The lowest BCUT2D eigenvalue weighted by atomic mass is 10.2. The second kappa shape index (κ2) is 7.56. The average molecular weight is 422 g/mol. The van der Waals surface area contributed by atoms with E-state index in [4.69, 9.17) is 0 Å². The molecule has 30 heavy (non-hydrogen) atoms. The minimum Gasteiger partial charge on any atom is -0.339 e. The summed E-state index contributed by atoms with van der Waals surface area (Å²) in [4.78, 5) is 25.7. The Morgan fingerprint density at radius 3 is 2.43 bits per heavy atom. The van der Waals surface area contributed by atoms with Gasteiger partial charge >= 0.3 is 0 Å². The van der Waals surface area contributed by atoms with Crippen molar-refractivity contribution in [2.45, 2.75) is 4.90 Å². The van der Waals surface area contributed by atoms with Gasteiger partial charge in [0.2, 0.25) is 0 Å². The van der Waals surface area contributed by atoms with Gasteiger partial charge in [-0.1, -0.05) is 0 Å². The molecule has 0 amide bonds. The maximum absolute atomic E-state index is 12.8. The number of rotatable bonds is 5. The molecule has 10 heteroatoms. The third-order valence-electron chi connectivity index (χ3n) is 4.43. The Kier molecular flexibility index (Phi) is 4.92. The number of benzene rings is 1. The molecule has 152 valence electrons. The van der Waals surface area contributed by atoms with Crippen molar-refractivity contribution in [2.75, 3.05) is 16.9 Å². The Morgan fingerprint density at radius 2 is 1.77 bits per heavy atom. The number of pyridine rings is 2. The van der Waals surface area contributed by atoms with Crippen molar-refractivity contribution in [2.24, 2.45) is 7.05 Å². The Labute approximate surface area is 172 Å². The Morgan fingerprint density at radius 1 is 1.00 bits per heavy atom. The number of aromatic nitrogens is 4. The summed E-state index contributed by atoms with van der Waals surface area (Å²) in [5, 5.41) is 7.30. The number of hydrogen-bond acceptors (Lipinski definition) is 8. The van der Waals surface area contributed by atoms with E-state index in [0.29, 0.717) is 33.9 Å². The zero-order valence-electron chi connectivity index (χ0n) is 16.2. The van der Waals surface area contributed by atoms with Gasteiger partial charge in [-0.3, -0.25) is 9.78 Å². The van der Waals surface area contributed by atoms with Gasteiger partial charge in [0.25, 0.3) is 5.56 Å². The zero-order chi connectivity index (χ0) is 21.3. The average Bonchev–Trinajstić information content (AvgIpc) is 2.71. The van der Waals surface area contributed by atoms with E-state index >= 15 is 0 Å². The molecule has 0 bridgehead atoms. The first-order valence-corrected chi connectivity index (χ1v) is 10.8. The second-order valence-electron chi connectivity index (χ2n) is 6.69. The lowest BCUT2D eigenvalue weighted by Gasteiger charge is -2.13. The summed E-state index contributed by atoms with van der Waals surface area (Å²) in [6.07, 6.45) is 7.52. The van der Waals surface area contributed by atoms with E-state index in [0.717, 1.165) is 6.26 Å². The van der Waals surface area contributed by atoms with Crippen LogP contribution in [-0.4, -0.2) is 34.2 Å². The number of hydrogen-bond donors (Lipinski definition) is 2. The molecule has 2 N–H and O–H groups in total. The molecule has 0 saturated carbocycles. The van der Waals surface area contributed by atoms with Crippen LogP contribution in [-0.2, 0) is 16.9 Å². The molecule has 0 unspecified atom stereocenters. The Bertz CT molecular complexity index is 1380. The van der Waals surface area contributed by atoms with E-state index in [1.807, 2.05) is 6.07 Å². The fourth-order valence-corrected chi connectivity index (χ4v) is 3.56. The summed E-state index contributed by atoms with van der Waals surface area (Å²) < 4.78 is 24.8. The second-order valence-corrected chi connectivity index (χ2v) is 8.71. The van der Waals surface area contributed by atoms with Crippen molar-refractivity contribution in [1.29, 1.82) is 0 Å². The van der Waals surface area contributed by atoms with Gasteiger partial charge in [-0.2, -0.15) is 0 Å². The number of sulfone groups is 1. The van der Waals surface area contributed by atoms with Crippen LogP contribution in [0.15, 0.2) is 70.9 Å². The first-order chi connectivity index (χ1) is 14.3. The molecule has 4 aromatic rings. The first-order valence-electron chi connectivity index (χ1n) is 8.92. The van der Waals surface area contributed by atoms with E-state index in [2.05, 4.69) is 25.6 Å². The number of fused-ring (bicyclic) bond motifs is 1. The summed E-state index contributed by atoms with van der Waals surface area (Å²) in [6.45, 7) is 0. The van der Waals surface area contributed by atoms with Crippen molar-refractivity contribution in [1.82, 2.24) is 19.5 Å². The molecule has 0 fully saturated rings. The molecular formula is C20H18N6O3S. The molecule has 0 aliphatic rings. The number of nitrogens with zero attached hydrogens (tertiary/aromatic N) is 4. The fourth-order valence-electron chi connectivity index (χ4n) is 2.93. The van der Waals surface area contributed by atoms with Gasteiger partial charge in [-0.15, -0.1) is 0 Å². The Hall–Kier alpha value is -3.79. The van der Waals surface area contributed by atoms with E-state index in [1.54, 1.807) is 50.0 Å². The predicted octanol–water partition coefficient (Wildman–Crippen LogP) is 2.61. The maximum Gasteiger partial charge on any atom is 0.261 e. The maximum atomic E-state index is 12.8. The highest BCUT2D eigenvalue weighted by Crippen LogP contribution is 2.26. The lowest BCUT2D eigenvalue weighted by Crippen LogP contribution is -2.17. The van der Waals surface area contributed by atoms with Gasteiger partial charge in [0.1, 0.15) is 17.5 Å². The molecule has 4 rings (SSSR count). The van der Waals surface area contributed by atoms with Crippen LogP contribution in [0.3, 0.4) is 0 Å². The Balaban J connectivity index is 1.80. The van der Waals surface area contributed by atoms with Crippen LogP contribution in [0.2, 0.25) is 0 Å². The molecule has 0 radical (unpaired) electrons. The van der Waals surface area contributed by atoms with Gasteiger partial charge in [-0.05, 0) is 41.8 Å². The molecule has 0 aliphatic carbocycles. The first kappa shape index (κ1) is 19.5. The van der Waals surface area contributed by atoms with E-state index < -0.39 is 9.84 Å². The minimum absolute atomic E-state index is 0.207. The standard InChI is InChI=1S/C20H18N6O3S/c1-26-10-7-13-11-16(24-17-12-21-8-9-22-17)25-19(18(13)20(26)27)23-14-3-5-15(6-4-14)30(2,28)29/h3-12H,1-2H3,(H2,22,23,24,25). The summed E-state index contributed by atoms with van der Waals surface area (Å²) in [7, 11) is -1.64. The smallest absolute Gasteiger partial charge is 0.261 e. The van der Waals surface area contributed by atoms with Crippen molar-refractivity contribution in [3.8, 4) is 0 Å². The van der Waals surface area contributed by atoms with E-state index in [1.165, 1.54) is 16.7 Å². The summed E-state index contributed by atoms with van der Waals surface area (Å²) in [5.41, 5.74) is 0.389. The molecule has 3 aromatic heterocycles. The zero-order valence-corrected chi connectivity index (χ0v) is 17.0. The lowest BCUT2D eigenvalue weighted by molar-refractivity contribution is 0.602. The van der Waals surface area contributed by atoms with Crippen LogP contribution in [0.5, 0.6) is 0 Å². The molecule has 0 spiro atoms. The normalized spacial score (nSPS) is 11.4. The highest BCUT2D eigenvalue weighted by molar-refractivity contribution is 7.90. The van der Waals surface area contributed by atoms with Crippen LogP contribution in [0.25, 0.3) is 10.8 Å². The largest absolute Gasteiger partial charge is 0.339 e. The van der Waals surface area contributed by atoms with Gasteiger partial charge < -0.3 is 15.2 Å². The van der Waals surface area contributed by atoms with Gasteiger partial charge in [0.05, 0.1) is 16.5 Å². The SMILES string of the molecule is Cn1ccc2cc(Nc3cnccn3)nc(Nc3ccc(S(C)(=O)=O)cc3)c2c1=O. The highest BCUT2D eigenvalue weighted by Gasteiger charge is 2.13. The fraction of sp³-hybridized carbons (Fsp3) is 0.100. The third kappa shape index (κ3) is 3.98. The van der Waals surface area contributed by atoms with Crippen LogP contribution in [0.1, 0.15) is 0 Å². The molecule has 0 saturated heterocycles. The molecule has 0 aliphatic heterocycles. The van der Waals surface area contributed by atoms with Crippen molar-refractivity contribution in [3.05, 3.63) is 71.5 Å². The van der Waals surface area contributed by atoms with Crippen LogP contribution in [0.4, 0.5) is 23.1 Å². The van der Waals surface area contributed by atoms with E-state index in [-0.39, 0.29) is 10.5 Å². The molecule has 1 aromatic carbocycles. The molecule has 0 atom stereocenters. The molecule has 3 heterocycles. The van der Waals surface area contributed by atoms with Crippen LogP contribution in [0, 0.1) is 0 Å². The predicted molar refractivity (Wildman–Crippen MR) is 115 cm³/mol. The number of aryl methyl sites for hydroxylation is 1. The van der Waals surface area contributed by atoms with Crippen LogP contribution < -0.4 is 16.2 Å². The minimum atomic E-state index is -3.30. The van der Waals surface area contributed by atoms with Crippen LogP contribution >= 0.6 is 0 Å². The van der Waals surface area contributed by atoms with Crippen molar-refractivity contribution < 1.29 is 8.42 Å². The molecular weight excluding hydrogens is 404 g/mol. The summed E-state index contributed by atoms with van der Waals surface area (Å²) in [5.74, 6) is 1.33. The third-order valence-corrected chi connectivity index (χ3v) is 5.55. The monoisotopic (exact) mass is 422 g/mol. The summed E-state index contributed by atoms with van der Waals surface area (Å²) >= 11 is 0.